The zero-order valence-electron chi connectivity index (χ0n) is 20.8. The molecule has 0 radical (unpaired) electrons. The van der Waals surface area contributed by atoms with E-state index in [2.05, 4.69) is 71.5 Å². The summed E-state index contributed by atoms with van der Waals surface area (Å²) < 4.78 is 0. The van der Waals surface area contributed by atoms with E-state index in [4.69, 9.17) is 9.97 Å². The number of hydrogen-bond acceptors (Lipinski definition) is 5. The molecule has 1 fully saturated rings. The Balaban J connectivity index is 1.47. The van der Waals surface area contributed by atoms with Gasteiger partial charge in [-0.3, -0.25) is 14.9 Å². The largest absolute Gasteiger partial charge is 0.367 e. The number of hydrogen-bond donors (Lipinski definition) is 1. The quantitative estimate of drug-likeness (QED) is 0.303. The van der Waals surface area contributed by atoms with Crippen LogP contribution in [-0.2, 0) is 6.54 Å². The number of anilines is 1. The van der Waals surface area contributed by atoms with Crippen LogP contribution in [0.2, 0.25) is 0 Å². The average molecular weight is 464 g/mol. The number of aryl methyl sites for hydroxylation is 1. The van der Waals surface area contributed by atoms with Crippen LogP contribution in [-0.4, -0.2) is 39.0 Å². The number of aromatic nitrogens is 3. The fourth-order valence-electron chi connectivity index (χ4n) is 4.29. The highest BCUT2D eigenvalue weighted by Crippen LogP contribution is 2.32. The first kappa shape index (κ1) is 23.2. The van der Waals surface area contributed by atoms with Crippen LogP contribution in [0.15, 0.2) is 73.1 Å². The Hall–Kier alpha value is -3.57. The van der Waals surface area contributed by atoms with Crippen LogP contribution in [0.5, 0.6) is 0 Å². The summed E-state index contributed by atoms with van der Waals surface area (Å²) in [5.74, 6) is 0.898. The highest BCUT2D eigenvalue weighted by Gasteiger charge is 2.22. The maximum atomic E-state index is 4.88. The second kappa shape index (κ2) is 10.4. The van der Waals surface area contributed by atoms with E-state index < -0.39 is 0 Å². The van der Waals surface area contributed by atoms with E-state index in [1.807, 2.05) is 37.5 Å². The molecule has 0 unspecified atom stereocenters. The van der Waals surface area contributed by atoms with Crippen LogP contribution in [0.4, 0.5) is 5.82 Å². The smallest absolute Gasteiger partial charge is 0.127 e. The molecule has 0 aliphatic heterocycles. The van der Waals surface area contributed by atoms with E-state index in [-0.39, 0.29) is 0 Å². The highest BCUT2D eigenvalue weighted by molar-refractivity contribution is 5.76. The van der Waals surface area contributed by atoms with E-state index in [9.17, 15) is 0 Å². The molecule has 1 aromatic carbocycles. The maximum absolute atomic E-state index is 4.88. The van der Waals surface area contributed by atoms with Crippen LogP contribution in [0.25, 0.3) is 33.6 Å². The summed E-state index contributed by atoms with van der Waals surface area (Å²) in [7, 11) is 0. The number of nitrogens with one attached hydrogen (secondary N) is 1. The Bertz CT molecular complexity index is 1290. The Morgan fingerprint density at radius 1 is 0.800 bits per heavy atom. The Kier molecular flexibility index (Phi) is 6.87. The Morgan fingerprint density at radius 2 is 1.54 bits per heavy atom. The lowest BCUT2D eigenvalue weighted by molar-refractivity contribution is 0.296. The molecular formula is C30H33N5. The molecular weight excluding hydrogens is 430 g/mol. The summed E-state index contributed by atoms with van der Waals surface area (Å²) in [6, 6.07) is 21.9. The molecule has 3 aromatic heterocycles. The maximum Gasteiger partial charge on any atom is 0.127 e. The van der Waals surface area contributed by atoms with Crippen LogP contribution in [0.1, 0.15) is 37.9 Å². The van der Waals surface area contributed by atoms with Gasteiger partial charge in [0.2, 0.25) is 0 Å². The molecule has 5 nitrogen and oxygen atoms in total. The average Bonchev–Trinajstić information content (AvgIpc) is 3.71. The minimum Gasteiger partial charge on any atom is -0.367 e. The van der Waals surface area contributed by atoms with Gasteiger partial charge in [0, 0.05) is 41.8 Å². The van der Waals surface area contributed by atoms with Gasteiger partial charge >= 0.3 is 0 Å². The van der Waals surface area contributed by atoms with Crippen molar-refractivity contribution in [1.82, 2.24) is 19.9 Å². The van der Waals surface area contributed by atoms with E-state index in [1.165, 1.54) is 24.0 Å². The molecule has 5 heteroatoms. The molecule has 1 N–H and O–H groups in total. The zero-order valence-corrected chi connectivity index (χ0v) is 20.8. The van der Waals surface area contributed by atoms with Crippen molar-refractivity contribution in [2.75, 3.05) is 18.4 Å². The molecule has 0 amide bonds. The van der Waals surface area contributed by atoms with Gasteiger partial charge in [0.15, 0.2) is 0 Å². The van der Waals surface area contributed by atoms with Gasteiger partial charge in [-0.15, -0.1) is 0 Å². The van der Waals surface area contributed by atoms with Crippen LogP contribution in [0.3, 0.4) is 0 Å². The molecule has 0 spiro atoms. The minimum atomic E-state index is 0.524. The van der Waals surface area contributed by atoms with E-state index >= 15 is 0 Å². The summed E-state index contributed by atoms with van der Waals surface area (Å²) >= 11 is 0. The van der Waals surface area contributed by atoms with Crippen molar-refractivity contribution >= 4 is 5.82 Å². The number of rotatable bonds is 9. The van der Waals surface area contributed by atoms with Gasteiger partial charge in [-0.1, -0.05) is 44.2 Å². The van der Waals surface area contributed by atoms with Gasteiger partial charge in [-0.2, -0.15) is 0 Å². The monoisotopic (exact) mass is 463 g/mol. The van der Waals surface area contributed by atoms with Crippen molar-refractivity contribution in [1.29, 1.82) is 0 Å². The molecule has 178 valence electrons. The molecule has 1 aliphatic carbocycles. The zero-order chi connectivity index (χ0) is 24.2. The van der Waals surface area contributed by atoms with Crippen LogP contribution in [0, 0.1) is 6.92 Å². The first-order valence-electron chi connectivity index (χ1n) is 12.6. The molecule has 1 saturated carbocycles. The standard InChI is InChI=1S/C30H33N5/c1-4-35(5-2)20-22-9-11-23(12-10-22)25-15-26(19-31-18-25)24-16-29(28-8-6-7-21(3)32-28)34-30(17-24)33-27-13-14-27/h6-12,15-19,27H,4-5,13-14,20H2,1-3H3,(H,33,34). The lowest BCUT2D eigenvalue weighted by atomic mass is 10.0. The van der Waals surface area contributed by atoms with Crippen molar-refractivity contribution in [2.45, 2.75) is 46.2 Å². The molecule has 35 heavy (non-hydrogen) atoms. The Morgan fingerprint density at radius 3 is 2.23 bits per heavy atom. The SMILES string of the molecule is CCN(CC)Cc1ccc(-c2cncc(-c3cc(NC4CC4)nc(-c4cccc(C)n4)c3)c2)cc1. The predicted molar refractivity (Wildman–Crippen MR) is 144 cm³/mol. The van der Waals surface area contributed by atoms with Crippen molar-refractivity contribution in [3.05, 3.63) is 84.3 Å². The fourth-order valence-corrected chi connectivity index (χ4v) is 4.29. The van der Waals surface area contributed by atoms with Crippen LogP contribution >= 0.6 is 0 Å². The molecule has 4 aromatic rings. The van der Waals surface area contributed by atoms with E-state index in [0.29, 0.717) is 6.04 Å². The first-order chi connectivity index (χ1) is 17.1. The molecule has 0 atom stereocenters. The molecule has 5 rings (SSSR count). The van der Waals surface area contributed by atoms with Crippen LogP contribution < -0.4 is 5.32 Å². The van der Waals surface area contributed by atoms with Gasteiger partial charge in [-0.05, 0) is 79.9 Å². The summed E-state index contributed by atoms with van der Waals surface area (Å²) in [5, 5.41) is 3.57. The lowest BCUT2D eigenvalue weighted by Crippen LogP contribution is -2.21. The van der Waals surface area contributed by atoms with Gasteiger partial charge in [0.25, 0.3) is 0 Å². The summed E-state index contributed by atoms with van der Waals surface area (Å²) in [6.07, 6.45) is 6.27. The number of nitrogens with zero attached hydrogens (tertiary/aromatic N) is 4. The van der Waals surface area contributed by atoms with Gasteiger partial charge in [0.05, 0.1) is 11.4 Å². The third kappa shape index (κ3) is 5.75. The Labute approximate surface area is 208 Å². The van der Waals surface area contributed by atoms with Crippen molar-refractivity contribution in [3.8, 4) is 33.6 Å². The van der Waals surface area contributed by atoms with E-state index in [0.717, 1.165) is 59.2 Å². The third-order valence-corrected chi connectivity index (χ3v) is 6.56. The fraction of sp³-hybridized carbons (Fsp3) is 0.300. The van der Waals surface area contributed by atoms with Crippen molar-refractivity contribution in [2.24, 2.45) is 0 Å². The second-order valence-electron chi connectivity index (χ2n) is 9.33. The molecule has 0 saturated heterocycles. The minimum absolute atomic E-state index is 0.524. The van der Waals surface area contributed by atoms with Gasteiger partial charge in [-0.25, -0.2) is 4.98 Å². The molecule has 0 bridgehead atoms. The van der Waals surface area contributed by atoms with Crippen molar-refractivity contribution in [3.63, 3.8) is 0 Å². The number of pyridine rings is 3. The first-order valence-corrected chi connectivity index (χ1v) is 12.6. The van der Waals surface area contributed by atoms with E-state index in [1.54, 1.807) is 0 Å². The van der Waals surface area contributed by atoms with Gasteiger partial charge < -0.3 is 5.32 Å². The lowest BCUT2D eigenvalue weighted by Gasteiger charge is -2.18. The summed E-state index contributed by atoms with van der Waals surface area (Å²) in [5.41, 5.74) is 8.54. The van der Waals surface area contributed by atoms with Crippen molar-refractivity contribution < 1.29 is 0 Å². The highest BCUT2D eigenvalue weighted by atomic mass is 15.1. The summed E-state index contributed by atoms with van der Waals surface area (Å²) in [4.78, 5) is 16.6. The molecule has 3 heterocycles. The summed E-state index contributed by atoms with van der Waals surface area (Å²) in [6.45, 7) is 9.54. The predicted octanol–water partition coefficient (Wildman–Crippen LogP) is 6.60. The number of benzene rings is 1. The second-order valence-corrected chi connectivity index (χ2v) is 9.33. The topological polar surface area (TPSA) is 53.9 Å². The molecule has 1 aliphatic rings. The normalized spacial score (nSPS) is 13.3. The third-order valence-electron chi connectivity index (χ3n) is 6.56. The van der Waals surface area contributed by atoms with Gasteiger partial charge in [0.1, 0.15) is 5.82 Å².